The molecule has 4 heteroatoms. The van der Waals surface area contributed by atoms with Crippen LogP contribution in [0.4, 0.5) is 0 Å². The maximum atomic E-state index is 13.5. The number of ether oxygens (including phenoxy) is 2. The third-order valence-electron chi connectivity index (χ3n) is 5.57. The first kappa shape index (κ1) is 19.3. The largest absolute Gasteiger partial charge is 0.493 e. The molecule has 1 aliphatic rings. The van der Waals surface area contributed by atoms with E-state index in [1.54, 1.807) is 14.2 Å². The molecule has 0 N–H and O–H groups in total. The van der Waals surface area contributed by atoms with Crippen LogP contribution >= 0.6 is 0 Å². The van der Waals surface area contributed by atoms with Gasteiger partial charge in [-0.05, 0) is 35.7 Å². The number of benzene rings is 2. The average Bonchev–Trinajstić information content (AvgIpc) is 3.11. The zero-order chi connectivity index (χ0) is 20.8. The predicted molar refractivity (Wildman–Crippen MR) is 116 cm³/mol. The van der Waals surface area contributed by atoms with E-state index in [-0.39, 0.29) is 5.78 Å². The predicted octanol–water partition coefficient (Wildman–Crippen LogP) is 5.62. The number of hydrogen-bond acceptors (Lipinski definition) is 3. The van der Waals surface area contributed by atoms with Crippen molar-refractivity contribution in [1.82, 2.24) is 4.57 Å². The molecule has 1 aromatic heterocycles. The van der Waals surface area contributed by atoms with Gasteiger partial charge in [-0.3, -0.25) is 4.79 Å². The number of methoxy groups -OCH3 is 2. The van der Waals surface area contributed by atoms with E-state index in [2.05, 4.69) is 28.8 Å². The van der Waals surface area contributed by atoms with Crippen molar-refractivity contribution in [1.29, 1.82) is 0 Å². The number of fused-ring (bicyclic) bond motifs is 3. The summed E-state index contributed by atoms with van der Waals surface area (Å²) in [5, 5.41) is 0. The van der Waals surface area contributed by atoms with Crippen LogP contribution in [0.3, 0.4) is 0 Å². The van der Waals surface area contributed by atoms with Gasteiger partial charge in [0.25, 0.3) is 0 Å². The number of aryl methyl sites for hydroxylation is 1. The molecule has 0 saturated carbocycles. The summed E-state index contributed by atoms with van der Waals surface area (Å²) < 4.78 is 13.2. The fourth-order valence-corrected chi connectivity index (χ4v) is 4.04. The molecule has 0 fully saturated rings. The van der Waals surface area contributed by atoms with E-state index in [9.17, 15) is 4.79 Å². The molecule has 2 aromatic carbocycles. The highest BCUT2D eigenvalue weighted by atomic mass is 16.5. The molecule has 0 bridgehead atoms. The zero-order valence-electron chi connectivity index (χ0n) is 17.7. The van der Waals surface area contributed by atoms with Gasteiger partial charge in [0.2, 0.25) is 0 Å². The van der Waals surface area contributed by atoms with Gasteiger partial charge in [0.05, 0.1) is 19.9 Å². The van der Waals surface area contributed by atoms with Crippen LogP contribution in [0.25, 0.3) is 22.4 Å². The van der Waals surface area contributed by atoms with Crippen molar-refractivity contribution in [2.24, 2.45) is 5.41 Å². The van der Waals surface area contributed by atoms with Crippen molar-refractivity contribution in [3.05, 3.63) is 59.8 Å². The summed E-state index contributed by atoms with van der Waals surface area (Å²) in [7, 11) is 3.31. The maximum Gasteiger partial charge on any atom is 0.185 e. The number of hydrogen-bond donors (Lipinski definition) is 0. The summed E-state index contributed by atoms with van der Waals surface area (Å²) in [6.45, 7) is 6.71. The summed E-state index contributed by atoms with van der Waals surface area (Å²) in [6.07, 6.45) is 0.843. The molecule has 0 aliphatic carbocycles. The molecule has 0 amide bonds. The Morgan fingerprint density at radius 1 is 0.931 bits per heavy atom. The van der Waals surface area contributed by atoms with Gasteiger partial charge < -0.3 is 14.0 Å². The first-order valence-corrected chi connectivity index (χ1v) is 9.94. The number of ketones is 1. The van der Waals surface area contributed by atoms with Gasteiger partial charge in [-0.25, -0.2) is 0 Å². The van der Waals surface area contributed by atoms with E-state index in [1.165, 1.54) is 5.56 Å². The second kappa shape index (κ2) is 7.11. The van der Waals surface area contributed by atoms with E-state index in [0.717, 1.165) is 46.8 Å². The Kier molecular flexibility index (Phi) is 4.73. The fraction of sp³-hybridized carbons (Fsp3) is 0.320. The Morgan fingerprint density at radius 2 is 1.59 bits per heavy atom. The summed E-state index contributed by atoms with van der Waals surface area (Å²) in [4.78, 5) is 13.5. The van der Waals surface area contributed by atoms with Crippen molar-refractivity contribution < 1.29 is 14.3 Å². The highest BCUT2D eigenvalue weighted by Crippen LogP contribution is 2.43. The second-order valence-electron chi connectivity index (χ2n) is 8.50. The van der Waals surface area contributed by atoms with Gasteiger partial charge in [0.15, 0.2) is 17.3 Å². The number of rotatable bonds is 4. The van der Waals surface area contributed by atoms with Crippen LogP contribution in [-0.4, -0.2) is 24.6 Å². The first-order chi connectivity index (χ1) is 13.8. The Bertz CT molecular complexity index is 1070. The number of carbonyl (C=O) groups is 1. The van der Waals surface area contributed by atoms with Crippen LogP contribution < -0.4 is 9.47 Å². The van der Waals surface area contributed by atoms with E-state index >= 15 is 0 Å². The van der Waals surface area contributed by atoms with Crippen LogP contribution in [0.1, 0.15) is 36.8 Å². The number of Topliss-reactive ketones (excluding diaryl/α,β-unsaturated/α-hetero) is 1. The van der Waals surface area contributed by atoms with Crippen LogP contribution in [0.2, 0.25) is 0 Å². The molecular weight excluding hydrogens is 362 g/mol. The molecule has 4 rings (SSSR count). The molecule has 1 aliphatic heterocycles. The van der Waals surface area contributed by atoms with E-state index < -0.39 is 5.41 Å². The lowest BCUT2D eigenvalue weighted by atomic mass is 9.86. The fourth-order valence-electron chi connectivity index (χ4n) is 4.04. The molecule has 0 spiro atoms. The van der Waals surface area contributed by atoms with Crippen molar-refractivity contribution in [2.45, 2.75) is 33.7 Å². The SMILES string of the molecule is COc1cc2c(cc1OC)-c1cc(-c3ccccc3)c(C(=O)C(C)(C)C)n1CC2. The second-order valence-corrected chi connectivity index (χ2v) is 8.50. The minimum atomic E-state index is -0.462. The van der Waals surface area contributed by atoms with Gasteiger partial charge in [-0.1, -0.05) is 51.1 Å². The standard InChI is InChI=1S/C25H27NO3/c1-25(2,3)24(27)23-19(16-9-7-6-8-10-16)14-20-18-15-22(29-5)21(28-4)13-17(18)11-12-26(20)23/h6-10,13-15H,11-12H2,1-5H3. The Hall–Kier alpha value is -3.01. The van der Waals surface area contributed by atoms with Gasteiger partial charge >= 0.3 is 0 Å². The van der Waals surface area contributed by atoms with E-state index in [1.807, 2.05) is 45.0 Å². The van der Waals surface area contributed by atoms with Crippen LogP contribution in [0.5, 0.6) is 11.5 Å². The third kappa shape index (κ3) is 3.23. The molecule has 150 valence electrons. The lowest BCUT2D eigenvalue weighted by Gasteiger charge is -2.25. The van der Waals surface area contributed by atoms with Gasteiger partial charge in [0.1, 0.15) is 0 Å². The topological polar surface area (TPSA) is 40.5 Å². The number of nitrogens with zero attached hydrogens (tertiary/aromatic N) is 1. The molecule has 0 radical (unpaired) electrons. The van der Waals surface area contributed by atoms with Crippen molar-refractivity contribution in [3.8, 4) is 33.9 Å². The summed E-state index contributed by atoms with van der Waals surface area (Å²) in [5.41, 5.74) is 5.74. The molecule has 0 saturated heterocycles. The lowest BCUT2D eigenvalue weighted by molar-refractivity contribution is 0.0849. The van der Waals surface area contributed by atoms with Crippen LogP contribution in [-0.2, 0) is 13.0 Å². The molecule has 2 heterocycles. The third-order valence-corrected chi connectivity index (χ3v) is 5.57. The summed E-state index contributed by atoms with van der Waals surface area (Å²) in [6, 6.07) is 16.4. The number of carbonyl (C=O) groups excluding carboxylic acids is 1. The Labute approximate surface area is 172 Å². The Morgan fingerprint density at radius 3 is 2.21 bits per heavy atom. The highest BCUT2D eigenvalue weighted by molar-refractivity contribution is 6.05. The van der Waals surface area contributed by atoms with Crippen molar-refractivity contribution in [2.75, 3.05) is 14.2 Å². The monoisotopic (exact) mass is 389 g/mol. The smallest absolute Gasteiger partial charge is 0.185 e. The summed E-state index contributed by atoms with van der Waals surface area (Å²) >= 11 is 0. The highest BCUT2D eigenvalue weighted by Gasteiger charge is 2.32. The van der Waals surface area contributed by atoms with Gasteiger partial charge in [-0.2, -0.15) is 0 Å². The summed E-state index contributed by atoms with van der Waals surface area (Å²) in [5.74, 6) is 1.60. The van der Waals surface area contributed by atoms with E-state index in [4.69, 9.17) is 9.47 Å². The molecule has 3 aromatic rings. The van der Waals surface area contributed by atoms with Crippen molar-refractivity contribution in [3.63, 3.8) is 0 Å². The quantitative estimate of drug-likeness (QED) is 0.544. The molecule has 0 atom stereocenters. The van der Waals surface area contributed by atoms with Crippen LogP contribution in [0.15, 0.2) is 48.5 Å². The Balaban J connectivity index is 1.99. The lowest BCUT2D eigenvalue weighted by Crippen LogP contribution is -2.25. The molecule has 4 nitrogen and oxygen atoms in total. The molecular formula is C25H27NO3. The van der Waals surface area contributed by atoms with Crippen molar-refractivity contribution >= 4 is 5.78 Å². The minimum Gasteiger partial charge on any atom is -0.493 e. The minimum absolute atomic E-state index is 0.159. The maximum absolute atomic E-state index is 13.5. The molecule has 29 heavy (non-hydrogen) atoms. The zero-order valence-corrected chi connectivity index (χ0v) is 17.7. The first-order valence-electron chi connectivity index (χ1n) is 9.94. The normalized spacial score (nSPS) is 12.9. The number of aromatic nitrogens is 1. The van der Waals surface area contributed by atoms with Gasteiger partial charge in [-0.15, -0.1) is 0 Å². The van der Waals surface area contributed by atoms with E-state index in [0.29, 0.717) is 5.75 Å². The molecule has 0 unspecified atom stereocenters. The van der Waals surface area contributed by atoms with Crippen LogP contribution in [0, 0.1) is 5.41 Å². The van der Waals surface area contributed by atoms with Gasteiger partial charge in [0, 0.05) is 28.8 Å². The average molecular weight is 389 g/mol.